The Bertz CT molecular complexity index is 1740. The molecular formula is C29H34ClF3N8O5. The maximum atomic E-state index is 14.0. The van der Waals surface area contributed by atoms with Gasteiger partial charge in [0.2, 0.25) is 11.7 Å². The third-order valence-corrected chi connectivity index (χ3v) is 7.69. The number of amides is 2. The maximum Gasteiger partial charge on any atom is 0.433 e. The van der Waals surface area contributed by atoms with Crippen LogP contribution in [0.3, 0.4) is 0 Å². The summed E-state index contributed by atoms with van der Waals surface area (Å²) in [5.41, 5.74) is -0.806. The van der Waals surface area contributed by atoms with Crippen molar-refractivity contribution >= 4 is 46.3 Å². The van der Waals surface area contributed by atoms with Gasteiger partial charge in [0, 0.05) is 26.2 Å². The number of nitrogens with one attached hydrogen (secondary N) is 1. The fourth-order valence-corrected chi connectivity index (χ4v) is 5.45. The molecule has 2 aliphatic heterocycles. The molecule has 0 aromatic carbocycles. The van der Waals surface area contributed by atoms with E-state index in [1.165, 1.54) is 0 Å². The minimum Gasteiger partial charge on any atom is -0.444 e. The van der Waals surface area contributed by atoms with Crippen LogP contribution in [0.25, 0.3) is 11.4 Å². The molecule has 46 heavy (non-hydrogen) atoms. The Kier molecular flexibility index (Phi) is 9.31. The fourth-order valence-electron chi connectivity index (χ4n) is 5.25. The highest BCUT2D eigenvalue weighted by Gasteiger charge is 2.34. The largest absolute Gasteiger partial charge is 0.444 e. The molecule has 2 amide bonds. The van der Waals surface area contributed by atoms with Crippen molar-refractivity contribution in [1.29, 1.82) is 0 Å². The van der Waals surface area contributed by atoms with E-state index < -0.39 is 35.0 Å². The van der Waals surface area contributed by atoms with E-state index in [4.69, 9.17) is 21.1 Å². The van der Waals surface area contributed by atoms with Crippen LogP contribution in [0.2, 0.25) is 5.02 Å². The summed E-state index contributed by atoms with van der Waals surface area (Å²) in [5, 5.41) is 6.70. The number of ether oxygens (including phenoxy) is 2. The van der Waals surface area contributed by atoms with Gasteiger partial charge in [-0.2, -0.15) is 22.7 Å². The predicted molar refractivity (Wildman–Crippen MR) is 163 cm³/mol. The van der Waals surface area contributed by atoms with Crippen LogP contribution in [0, 0.1) is 0 Å². The Morgan fingerprint density at radius 1 is 1.15 bits per heavy atom. The van der Waals surface area contributed by atoms with Crippen LogP contribution >= 0.6 is 11.6 Å². The lowest BCUT2D eigenvalue weighted by molar-refractivity contribution is -0.141. The number of pyridine rings is 1. The summed E-state index contributed by atoms with van der Waals surface area (Å²) in [6.45, 7) is 8.87. The monoisotopic (exact) mass is 666 g/mol. The zero-order valence-corrected chi connectivity index (χ0v) is 26.5. The van der Waals surface area contributed by atoms with Gasteiger partial charge in [0.25, 0.3) is 5.56 Å². The SMILES string of the molecule is CCc1c(N2CCN(C(=O)OC(C)(C)C)CC2)c(=O)n2nc(C3=CCOCC3)nc2n1CC(=O)Nc1cnc(C(F)(F)F)cc1Cl. The summed E-state index contributed by atoms with van der Waals surface area (Å²) in [5.74, 6) is -0.204. The molecule has 0 saturated carbocycles. The van der Waals surface area contributed by atoms with E-state index in [0.29, 0.717) is 75.5 Å². The molecule has 0 aliphatic carbocycles. The molecule has 3 aromatic heterocycles. The highest BCUT2D eigenvalue weighted by molar-refractivity contribution is 6.33. The van der Waals surface area contributed by atoms with Crippen molar-refractivity contribution in [2.45, 2.75) is 58.9 Å². The smallest absolute Gasteiger partial charge is 0.433 e. The van der Waals surface area contributed by atoms with E-state index in [2.05, 4.69) is 20.4 Å². The molecule has 248 valence electrons. The number of halogens is 4. The maximum absolute atomic E-state index is 14.0. The Labute approximate surface area is 266 Å². The van der Waals surface area contributed by atoms with Crippen LogP contribution in [0.15, 0.2) is 23.1 Å². The van der Waals surface area contributed by atoms with Crippen molar-refractivity contribution in [3.05, 3.63) is 50.9 Å². The van der Waals surface area contributed by atoms with Crippen molar-refractivity contribution in [1.82, 2.24) is 29.0 Å². The number of anilines is 2. The summed E-state index contributed by atoms with van der Waals surface area (Å²) in [7, 11) is 0. The minimum absolute atomic E-state index is 0.109. The van der Waals surface area contributed by atoms with E-state index in [9.17, 15) is 27.6 Å². The van der Waals surface area contributed by atoms with Crippen LogP contribution in [0.4, 0.5) is 29.3 Å². The fraction of sp³-hybridized carbons (Fsp3) is 0.517. The van der Waals surface area contributed by atoms with Gasteiger partial charge in [0.1, 0.15) is 23.5 Å². The molecule has 5 rings (SSSR count). The molecule has 17 heteroatoms. The molecule has 2 aliphatic rings. The summed E-state index contributed by atoms with van der Waals surface area (Å²) in [6.07, 6.45) is -1.63. The number of rotatable bonds is 6. The molecule has 13 nitrogen and oxygen atoms in total. The van der Waals surface area contributed by atoms with Crippen molar-refractivity contribution in [3.63, 3.8) is 0 Å². The molecule has 0 radical (unpaired) electrons. The van der Waals surface area contributed by atoms with Crippen LogP contribution in [-0.4, -0.2) is 86.0 Å². The van der Waals surface area contributed by atoms with Gasteiger partial charge in [-0.05, 0) is 45.3 Å². The van der Waals surface area contributed by atoms with Gasteiger partial charge in [-0.3, -0.25) is 9.59 Å². The van der Waals surface area contributed by atoms with Crippen molar-refractivity contribution in [2.75, 3.05) is 49.6 Å². The van der Waals surface area contributed by atoms with E-state index in [1.807, 2.05) is 17.9 Å². The molecule has 3 aromatic rings. The van der Waals surface area contributed by atoms with Crippen molar-refractivity contribution in [3.8, 4) is 0 Å². The molecular weight excluding hydrogens is 633 g/mol. The Balaban J connectivity index is 1.51. The normalized spacial score (nSPS) is 16.0. The highest BCUT2D eigenvalue weighted by Crippen LogP contribution is 2.32. The average molecular weight is 667 g/mol. The van der Waals surface area contributed by atoms with Gasteiger partial charge in [0.15, 0.2) is 5.82 Å². The molecule has 0 atom stereocenters. The van der Waals surface area contributed by atoms with Gasteiger partial charge in [-0.25, -0.2) is 9.78 Å². The Hall–Kier alpha value is -4.18. The number of hydrogen-bond donors (Lipinski definition) is 1. The summed E-state index contributed by atoms with van der Waals surface area (Å²) in [6, 6.07) is 0.633. The van der Waals surface area contributed by atoms with Crippen LogP contribution in [0.5, 0.6) is 0 Å². The average Bonchev–Trinajstić information content (AvgIpc) is 3.45. The molecule has 0 spiro atoms. The van der Waals surface area contributed by atoms with Crippen molar-refractivity contribution < 1.29 is 32.2 Å². The van der Waals surface area contributed by atoms with Gasteiger partial charge >= 0.3 is 12.3 Å². The number of fused-ring (bicyclic) bond motifs is 1. The Morgan fingerprint density at radius 3 is 2.46 bits per heavy atom. The first-order chi connectivity index (χ1) is 21.7. The minimum atomic E-state index is -4.70. The highest BCUT2D eigenvalue weighted by atomic mass is 35.5. The van der Waals surface area contributed by atoms with Crippen LogP contribution in [0.1, 0.15) is 51.3 Å². The zero-order valence-electron chi connectivity index (χ0n) is 25.8. The van der Waals surface area contributed by atoms with Gasteiger partial charge in [0.05, 0.1) is 35.8 Å². The first kappa shape index (κ1) is 33.2. The standard InChI is InChI=1S/C29H34ClF3N8O5/c1-5-20-23(38-8-10-39(11-9-38)27(44)46-28(2,3)4)25(43)41-26(36-24(37-41)17-6-12-45-13-7-17)40(20)16-22(42)35-19-15-34-21(14-18(19)30)29(31,32)33/h6,14-15H,5,7-13,16H2,1-4H3,(H,35,42). The number of carbonyl (C=O) groups excluding carboxylic acids is 2. The third-order valence-electron chi connectivity index (χ3n) is 7.38. The molecule has 1 N–H and O–H groups in total. The number of aromatic nitrogens is 5. The van der Waals surface area contributed by atoms with E-state index in [-0.39, 0.29) is 23.0 Å². The number of hydrogen-bond acceptors (Lipinski definition) is 9. The second-order valence-corrected chi connectivity index (χ2v) is 12.2. The second-order valence-electron chi connectivity index (χ2n) is 11.8. The lowest BCUT2D eigenvalue weighted by Crippen LogP contribution is -2.51. The summed E-state index contributed by atoms with van der Waals surface area (Å²) >= 11 is 6.05. The predicted octanol–water partition coefficient (Wildman–Crippen LogP) is 4.02. The van der Waals surface area contributed by atoms with Crippen LogP contribution in [-0.2, 0) is 33.4 Å². The molecule has 0 bridgehead atoms. The first-order valence-electron chi connectivity index (χ1n) is 14.7. The molecule has 0 unspecified atom stereocenters. The van der Waals surface area contributed by atoms with Crippen molar-refractivity contribution in [2.24, 2.45) is 0 Å². The molecule has 1 saturated heterocycles. The topological polar surface area (TPSA) is 136 Å². The zero-order chi connectivity index (χ0) is 33.4. The van der Waals surface area contributed by atoms with E-state index in [1.54, 1.807) is 30.2 Å². The number of piperazine rings is 1. The number of nitrogens with zero attached hydrogens (tertiary/aromatic N) is 7. The first-order valence-corrected chi connectivity index (χ1v) is 15.1. The van der Waals surface area contributed by atoms with Gasteiger partial charge in [-0.1, -0.05) is 24.6 Å². The summed E-state index contributed by atoms with van der Waals surface area (Å²) in [4.78, 5) is 51.5. The molecule has 5 heterocycles. The number of carbonyl (C=O) groups is 2. The second kappa shape index (κ2) is 12.9. The van der Waals surface area contributed by atoms with E-state index >= 15 is 0 Å². The van der Waals surface area contributed by atoms with Gasteiger partial charge < -0.3 is 29.2 Å². The summed E-state index contributed by atoms with van der Waals surface area (Å²) < 4.78 is 52.8. The third kappa shape index (κ3) is 7.12. The van der Waals surface area contributed by atoms with Gasteiger partial charge in [-0.15, -0.1) is 5.10 Å². The Morgan fingerprint density at radius 2 is 1.87 bits per heavy atom. The number of alkyl halides is 3. The molecule has 1 fully saturated rings. The van der Waals surface area contributed by atoms with E-state index in [0.717, 1.165) is 16.3 Å². The lowest BCUT2D eigenvalue weighted by atomic mass is 10.1. The van der Waals surface area contributed by atoms with Crippen LogP contribution < -0.4 is 15.8 Å². The lowest BCUT2D eigenvalue weighted by Gasteiger charge is -2.37. The quantitative estimate of drug-likeness (QED) is 0.414.